The van der Waals surface area contributed by atoms with Gasteiger partial charge in [-0.15, -0.1) is 0 Å². The van der Waals surface area contributed by atoms with E-state index in [-0.39, 0.29) is 5.41 Å². The van der Waals surface area contributed by atoms with E-state index >= 15 is 0 Å². The lowest BCUT2D eigenvalue weighted by atomic mass is 9.97. The normalized spacial score (nSPS) is 12.0. The summed E-state index contributed by atoms with van der Waals surface area (Å²) in [5.74, 6) is 1.40. The Bertz CT molecular complexity index is 222. The van der Waals surface area contributed by atoms with Crippen LogP contribution < -0.4 is 0 Å². The molecule has 0 aliphatic heterocycles. The highest BCUT2D eigenvalue weighted by atomic mass is 16.5. The van der Waals surface area contributed by atoms with Crippen LogP contribution in [0.25, 0.3) is 0 Å². The SMILES string of the molecule is Cc1noc(C(C)(C)C)n1. The van der Waals surface area contributed by atoms with E-state index in [1.807, 2.05) is 27.7 Å². The minimum absolute atomic E-state index is 0.0265. The quantitative estimate of drug-likeness (QED) is 0.550. The summed E-state index contributed by atoms with van der Waals surface area (Å²) < 4.78 is 4.97. The Morgan fingerprint density at radius 2 is 1.90 bits per heavy atom. The molecule has 1 aromatic rings. The van der Waals surface area contributed by atoms with Crippen LogP contribution in [0.4, 0.5) is 0 Å². The first-order valence-corrected chi connectivity index (χ1v) is 3.31. The lowest BCUT2D eigenvalue weighted by molar-refractivity contribution is 0.319. The molecule has 0 aliphatic rings. The molecular formula is C7H12N2O. The molecule has 0 radical (unpaired) electrons. The Kier molecular flexibility index (Phi) is 1.50. The molecule has 1 heterocycles. The van der Waals surface area contributed by atoms with E-state index in [0.29, 0.717) is 11.7 Å². The number of hydrogen-bond donors (Lipinski definition) is 0. The molecule has 0 amide bonds. The average molecular weight is 140 g/mol. The molecule has 3 nitrogen and oxygen atoms in total. The zero-order chi connectivity index (χ0) is 7.78. The molecule has 0 bridgehead atoms. The van der Waals surface area contributed by atoms with Gasteiger partial charge in [-0.1, -0.05) is 25.9 Å². The number of aromatic nitrogens is 2. The third kappa shape index (κ3) is 1.35. The number of nitrogens with zero attached hydrogens (tertiary/aromatic N) is 2. The van der Waals surface area contributed by atoms with E-state index in [1.165, 1.54) is 0 Å². The molecule has 0 fully saturated rings. The van der Waals surface area contributed by atoms with Gasteiger partial charge in [-0.25, -0.2) is 0 Å². The summed E-state index contributed by atoms with van der Waals surface area (Å²) in [5, 5.41) is 3.70. The first kappa shape index (κ1) is 7.25. The molecule has 10 heavy (non-hydrogen) atoms. The largest absolute Gasteiger partial charge is 0.339 e. The van der Waals surface area contributed by atoms with Crippen molar-refractivity contribution in [3.63, 3.8) is 0 Å². The lowest BCUT2D eigenvalue weighted by Crippen LogP contribution is -2.11. The summed E-state index contributed by atoms with van der Waals surface area (Å²) >= 11 is 0. The summed E-state index contributed by atoms with van der Waals surface area (Å²) in [4.78, 5) is 4.10. The summed E-state index contributed by atoms with van der Waals surface area (Å²) in [5.41, 5.74) is -0.0265. The smallest absolute Gasteiger partial charge is 0.232 e. The molecule has 0 spiro atoms. The Morgan fingerprint density at radius 3 is 2.10 bits per heavy atom. The molecule has 0 unspecified atom stereocenters. The zero-order valence-corrected chi connectivity index (χ0v) is 6.80. The van der Waals surface area contributed by atoms with Crippen molar-refractivity contribution >= 4 is 0 Å². The lowest BCUT2D eigenvalue weighted by Gasteiger charge is -2.10. The maximum absolute atomic E-state index is 4.97. The number of hydrogen-bond acceptors (Lipinski definition) is 3. The maximum Gasteiger partial charge on any atom is 0.232 e. The number of rotatable bonds is 0. The van der Waals surface area contributed by atoms with Gasteiger partial charge in [-0.2, -0.15) is 4.98 Å². The van der Waals surface area contributed by atoms with Gasteiger partial charge in [-0.3, -0.25) is 0 Å². The Hall–Kier alpha value is -0.860. The molecule has 1 rings (SSSR count). The fourth-order valence-electron chi connectivity index (χ4n) is 0.602. The van der Waals surface area contributed by atoms with E-state index in [1.54, 1.807) is 0 Å². The van der Waals surface area contributed by atoms with Gasteiger partial charge in [0.25, 0.3) is 0 Å². The van der Waals surface area contributed by atoms with Crippen molar-refractivity contribution < 1.29 is 4.52 Å². The van der Waals surface area contributed by atoms with E-state index in [0.717, 1.165) is 0 Å². The molecule has 0 atom stereocenters. The Labute approximate surface area is 60.4 Å². The van der Waals surface area contributed by atoms with Gasteiger partial charge < -0.3 is 4.52 Å². The third-order valence-corrected chi connectivity index (χ3v) is 1.17. The van der Waals surface area contributed by atoms with Crippen LogP contribution in [0.2, 0.25) is 0 Å². The Balaban J connectivity index is 2.96. The second-order valence-corrected chi connectivity index (χ2v) is 3.40. The van der Waals surface area contributed by atoms with Gasteiger partial charge in [0, 0.05) is 5.41 Å². The molecule has 56 valence electrons. The molecule has 0 aliphatic carbocycles. The van der Waals surface area contributed by atoms with Crippen LogP contribution in [-0.2, 0) is 5.41 Å². The van der Waals surface area contributed by atoms with E-state index in [9.17, 15) is 0 Å². The van der Waals surface area contributed by atoms with Crippen molar-refractivity contribution in [2.45, 2.75) is 33.1 Å². The van der Waals surface area contributed by atoms with Crippen LogP contribution in [-0.4, -0.2) is 10.1 Å². The predicted molar refractivity (Wildman–Crippen MR) is 37.7 cm³/mol. The first-order valence-electron chi connectivity index (χ1n) is 3.31. The molecule has 0 N–H and O–H groups in total. The van der Waals surface area contributed by atoms with Crippen LogP contribution in [0.5, 0.6) is 0 Å². The topological polar surface area (TPSA) is 38.9 Å². The summed E-state index contributed by atoms with van der Waals surface area (Å²) in [6, 6.07) is 0. The van der Waals surface area contributed by atoms with Crippen LogP contribution in [0.3, 0.4) is 0 Å². The molecule has 0 aromatic carbocycles. The van der Waals surface area contributed by atoms with Crippen molar-refractivity contribution in [3.8, 4) is 0 Å². The highest BCUT2D eigenvalue weighted by molar-refractivity contribution is 4.96. The highest BCUT2D eigenvalue weighted by Crippen LogP contribution is 2.18. The van der Waals surface area contributed by atoms with Gasteiger partial charge in [0.2, 0.25) is 5.89 Å². The third-order valence-electron chi connectivity index (χ3n) is 1.17. The molecule has 0 saturated heterocycles. The van der Waals surface area contributed by atoms with Crippen molar-refractivity contribution in [3.05, 3.63) is 11.7 Å². The van der Waals surface area contributed by atoms with Crippen molar-refractivity contribution in [2.24, 2.45) is 0 Å². The van der Waals surface area contributed by atoms with Gasteiger partial charge in [0.1, 0.15) is 0 Å². The standard InChI is InChI=1S/C7H12N2O/c1-5-8-6(10-9-5)7(2,3)4/h1-4H3. The molecule has 1 aromatic heterocycles. The van der Waals surface area contributed by atoms with Crippen molar-refractivity contribution in [1.82, 2.24) is 10.1 Å². The molecule has 3 heteroatoms. The van der Waals surface area contributed by atoms with Gasteiger partial charge in [-0.05, 0) is 6.92 Å². The molecular weight excluding hydrogens is 128 g/mol. The maximum atomic E-state index is 4.97. The fourth-order valence-corrected chi connectivity index (χ4v) is 0.602. The minimum atomic E-state index is -0.0265. The van der Waals surface area contributed by atoms with Gasteiger partial charge in [0.05, 0.1) is 0 Å². The van der Waals surface area contributed by atoms with E-state index in [2.05, 4.69) is 10.1 Å². The predicted octanol–water partition coefficient (Wildman–Crippen LogP) is 1.68. The van der Waals surface area contributed by atoms with E-state index in [4.69, 9.17) is 4.52 Å². The van der Waals surface area contributed by atoms with Crippen molar-refractivity contribution in [2.75, 3.05) is 0 Å². The highest BCUT2D eigenvalue weighted by Gasteiger charge is 2.20. The summed E-state index contributed by atoms with van der Waals surface area (Å²) in [6.07, 6.45) is 0. The monoisotopic (exact) mass is 140 g/mol. The molecule has 0 saturated carbocycles. The van der Waals surface area contributed by atoms with E-state index < -0.39 is 0 Å². The summed E-state index contributed by atoms with van der Waals surface area (Å²) in [7, 11) is 0. The van der Waals surface area contributed by atoms with Crippen LogP contribution >= 0.6 is 0 Å². The van der Waals surface area contributed by atoms with Gasteiger partial charge >= 0.3 is 0 Å². The fraction of sp³-hybridized carbons (Fsp3) is 0.714. The van der Waals surface area contributed by atoms with Crippen LogP contribution in [0, 0.1) is 6.92 Å². The van der Waals surface area contributed by atoms with Crippen molar-refractivity contribution in [1.29, 1.82) is 0 Å². The summed E-state index contributed by atoms with van der Waals surface area (Å²) in [6.45, 7) is 7.94. The minimum Gasteiger partial charge on any atom is -0.339 e. The first-order chi connectivity index (χ1) is 4.50. The van der Waals surface area contributed by atoms with Crippen LogP contribution in [0.15, 0.2) is 4.52 Å². The zero-order valence-electron chi connectivity index (χ0n) is 6.80. The van der Waals surface area contributed by atoms with Gasteiger partial charge in [0.15, 0.2) is 5.82 Å². The van der Waals surface area contributed by atoms with Crippen LogP contribution in [0.1, 0.15) is 32.5 Å². The Morgan fingerprint density at radius 1 is 1.30 bits per heavy atom. The average Bonchev–Trinajstić information content (AvgIpc) is 2.11. The second-order valence-electron chi connectivity index (χ2n) is 3.40. The number of aryl methyl sites for hydroxylation is 1. The second kappa shape index (κ2) is 2.08.